The molecule has 0 radical (unpaired) electrons. The summed E-state index contributed by atoms with van der Waals surface area (Å²) in [7, 11) is 0. The molecule has 3 rings (SSSR count). The van der Waals surface area contributed by atoms with Gasteiger partial charge in [-0.25, -0.2) is 9.59 Å². The van der Waals surface area contributed by atoms with Crippen LogP contribution in [0.5, 0.6) is 0 Å². The summed E-state index contributed by atoms with van der Waals surface area (Å²) in [5.41, 5.74) is 2.21. The van der Waals surface area contributed by atoms with Crippen molar-refractivity contribution in [3.8, 4) is 0 Å². The van der Waals surface area contributed by atoms with Crippen molar-refractivity contribution in [1.82, 2.24) is 15.2 Å². The molecule has 2 aromatic rings. The number of amides is 2. The fourth-order valence-electron chi connectivity index (χ4n) is 2.99. The van der Waals surface area contributed by atoms with Crippen molar-refractivity contribution in [3.05, 3.63) is 65.5 Å². The predicted octanol–water partition coefficient (Wildman–Crippen LogP) is 2.83. The van der Waals surface area contributed by atoms with Crippen molar-refractivity contribution in [2.24, 2.45) is 0 Å². The number of pyridine rings is 1. The topological polar surface area (TPSA) is 82.5 Å². The van der Waals surface area contributed by atoms with Crippen molar-refractivity contribution < 1.29 is 14.7 Å². The Hall–Kier alpha value is -2.89. The number of aromatic carboxylic acids is 1. The van der Waals surface area contributed by atoms with E-state index < -0.39 is 5.97 Å². The Labute approximate surface area is 140 Å². The Morgan fingerprint density at radius 2 is 1.88 bits per heavy atom. The number of hydrogen-bond acceptors (Lipinski definition) is 3. The summed E-state index contributed by atoms with van der Waals surface area (Å²) >= 11 is 0. The largest absolute Gasteiger partial charge is 0.478 e. The van der Waals surface area contributed by atoms with Crippen LogP contribution in [0.1, 0.15) is 40.4 Å². The summed E-state index contributed by atoms with van der Waals surface area (Å²) in [4.78, 5) is 29.2. The molecule has 0 aliphatic carbocycles. The number of likely N-dealkylation sites (tertiary alicyclic amines) is 1. The van der Waals surface area contributed by atoms with Gasteiger partial charge in [0.1, 0.15) is 0 Å². The fourth-order valence-corrected chi connectivity index (χ4v) is 2.99. The number of hydrogen-bond donors (Lipinski definition) is 2. The van der Waals surface area contributed by atoms with Gasteiger partial charge < -0.3 is 15.3 Å². The summed E-state index contributed by atoms with van der Waals surface area (Å²) < 4.78 is 0. The summed E-state index contributed by atoms with van der Waals surface area (Å²) in [5.74, 6) is -0.956. The molecule has 1 aliphatic heterocycles. The molecule has 1 saturated heterocycles. The van der Waals surface area contributed by atoms with Crippen molar-refractivity contribution in [3.63, 3.8) is 0 Å². The molecular formula is C18H19N3O3. The Kier molecular flexibility index (Phi) is 4.74. The monoisotopic (exact) mass is 325 g/mol. The molecule has 1 aliphatic rings. The molecule has 0 saturated carbocycles. The molecule has 1 atom stereocenters. The average molecular weight is 325 g/mol. The first-order valence-electron chi connectivity index (χ1n) is 7.92. The minimum Gasteiger partial charge on any atom is -0.478 e. The van der Waals surface area contributed by atoms with Gasteiger partial charge in [-0.15, -0.1) is 0 Å². The minimum atomic E-state index is -0.956. The van der Waals surface area contributed by atoms with Gasteiger partial charge in [0.2, 0.25) is 0 Å². The molecule has 124 valence electrons. The molecule has 1 aromatic carbocycles. The molecule has 0 bridgehead atoms. The van der Waals surface area contributed by atoms with E-state index in [9.17, 15) is 9.59 Å². The predicted molar refractivity (Wildman–Crippen MR) is 88.6 cm³/mol. The maximum absolute atomic E-state index is 12.5. The van der Waals surface area contributed by atoms with Crippen LogP contribution in [-0.4, -0.2) is 33.5 Å². The van der Waals surface area contributed by atoms with E-state index in [1.807, 2.05) is 17.0 Å². The van der Waals surface area contributed by atoms with Gasteiger partial charge >= 0.3 is 12.0 Å². The van der Waals surface area contributed by atoms with Crippen LogP contribution in [0.25, 0.3) is 0 Å². The van der Waals surface area contributed by atoms with E-state index in [4.69, 9.17) is 5.11 Å². The fraction of sp³-hybridized carbons (Fsp3) is 0.278. The first kappa shape index (κ1) is 16.0. The molecule has 1 fully saturated rings. The number of carbonyl (C=O) groups is 2. The van der Waals surface area contributed by atoms with Crippen molar-refractivity contribution in [2.45, 2.75) is 25.4 Å². The Balaban J connectivity index is 1.61. The van der Waals surface area contributed by atoms with Gasteiger partial charge in [-0.2, -0.15) is 0 Å². The van der Waals surface area contributed by atoms with Crippen molar-refractivity contribution in [1.29, 1.82) is 0 Å². The first-order chi connectivity index (χ1) is 11.6. The van der Waals surface area contributed by atoms with Crippen LogP contribution in [0.2, 0.25) is 0 Å². The van der Waals surface area contributed by atoms with Crippen LogP contribution in [0.3, 0.4) is 0 Å². The zero-order valence-electron chi connectivity index (χ0n) is 13.2. The maximum atomic E-state index is 12.5. The van der Waals surface area contributed by atoms with Gasteiger partial charge in [-0.05, 0) is 48.2 Å². The second kappa shape index (κ2) is 7.12. The highest BCUT2D eigenvalue weighted by atomic mass is 16.4. The van der Waals surface area contributed by atoms with Gasteiger partial charge in [-0.3, -0.25) is 4.98 Å². The normalized spacial score (nSPS) is 16.8. The quantitative estimate of drug-likeness (QED) is 0.905. The molecular weight excluding hydrogens is 306 g/mol. The van der Waals surface area contributed by atoms with Crippen LogP contribution < -0.4 is 5.32 Å². The lowest BCUT2D eigenvalue weighted by Gasteiger charge is -2.25. The highest BCUT2D eigenvalue weighted by molar-refractivity contribution is 5.87. The van der Waals surface area contributed by atoms with E-state index >= 15 is 0 Å². The van der Waals surface area contributed by atoms with E-state index in [0.717, 1.165) is 30.5 Å². The number of nitrogens with one attached hydrogen (secondary N) is 1. The highest BCUT2D eigenvalue weighted by Gasteiger charge is 2.29. The third-order valence-electron chi connectivity index (χ3n) is 4.25. The maximum Gasteiger partial charge on any atom is 0.335 e. The minimum absolute atomic E-state index is 0.0855. The number of carboxylic acids is 1. The third-order valence-corrected chi connectivity index (χ3v) is 4.25. The SMILES string of the molecule is O=C(O)c1ccc(CNC(=O)N2CCCC2c2ccncc2)cc1. The molecule has 1 unspecified atom stereocenters. The lowest BCUT2D eigenvalue weighted by Crippen LogP contribution is -2.39. The molecule has 6 nitrogen and oxygen atoms in total. The average Bonchev–Trinajstić information content (AvgIpc) is 3.10. The van der Waals surface area contributed by atoms with E-state index in [1.54, 1.807) is 36.7 Å². The molecule has 2 N–H and O–H groups in total. The number of carboxylic acid groups (broad SMARTS) is 1. The molecule has 6 heteroatoms. The molecule has 0 spiro atoms. The van der Waals surface area contributed by atoms with Gasteiger partial charge in [0, 0.05) is 25.5 Å². The zero-order valence-corrected chi connectivity index (χ0v) is 13.2. The number of benzene rings is 1. The van der Waals surface area contributed by atoms with Gasteiger partial charge in [0.05, 0.1) is 11.6 Å². The number of carbonyl (C=O) groups excluding carboxylic acids is 1. The van der Waals surface area contributed by atoms with Gasteiger partial charge in [-0.1, -0.05) is 12.1 Å². The van der Waals surface area contributed by atoms with Gasteiger partial charge in [0.15, 0.2) is 0 Å². The van der Waals surface area contributed by atoms with Crippen molar-refractivity contribution in [2.75, 3.05) is 6.54 Å². The van der Waals surface area contributed by atoms with Crippen LogP contribution in [0.4, 0.5) is 4.79 Å². The number of rotatable bonds is 4. The zero-order chi connectivity index (χ0) is 16.9. The Morgan fingerprint density at radius 3 is 2.54 bits per heavy atom. The second-order valence-electron chi connectivity index (χ2n) is 5.79. The van der Waals surface area contributed by atoms with Crippen LogP contribution in [0, 0.1) is 0 Å². The Morgan fingerprint density at radius 1 is 1.17 bits per heavy atom. The highest BCUT2D eigenvalue weighted by Crippen LogP contribution is 2.31. The smallest absolute Gasteiger partial charge is 0.335 e. The number of aromatic nitrogens is 1. The lowest BCUT2D eigenvalue weighted by atomic mass is 10.1. The second-order valence-corrected chi connectivity index (χ2v) is 5.79. The van der Waals surface area contributed by atoms with E-state index in [-0.39, 0.29) is 17.6 Å². The summed E-state index contributed by atoms with van der Waals surface area (Å²) in [6.45, 7) is 1.11. The third kappa shape index (κ3) is 3.53. The van der Waals surface area contributed by atoms with Crippen LogP contribution in [0.15, 0.2) is 48.8 Å². The molecule has 2 amide bonds. The molecule has 1 aromatic heterocycles. The van der Waals surface area contributed by atoms with Crippen LogP contribution in [-0.2, 0) is 6.54 Å². The standard InChI is InChI=1S/C18H19N3O3/c22-17(23)15-5-3-13(4-6-15)12-20-18(24)21-11-1-2-16(21)14-7-9-19-10-8-14/h3-10,16H,1-2,11-12H2,(H,20,24)(H,22,23). The number of urea groups is 1. The van der Waals surface area contributed by atoms with E-state index in [1.165, 1.54) is 0 Å². The summed E-state index contributed by atoms with van der Waals surface area (Å²) in [6, 6.07) is 10.4. The lowest BCUT2D eigenvalue weighted by molar-refractivity contribution is 0.0697. The molecule has 2 heterocycles. The summed E-state index contributed by atoms with van der Waals surface area (Å²) in [5, 5.41) is 11.8. The van der Waals surface area contributed by atoms with Crippen molar-refractivity contribution >= 4 is 12.0 Å². The molecule has 24 heavy (non-hydrogen) atoms. The van der Waals surface area contributed by atoms with Crippen LogP contribution >= 0.6 is 0 Å². The Bertz CT molecular complexity index is 716. The van der Waals surface area contributed by atoms with E-state index in [0.29, 0.717) is 6.54 Å². The first-order valence-corrected chi connectivity index (χ1v) is 7.92. The number of nitrogens with zero attached hydrogens (tertiary/aromatic N) is 2. The summed E-state index contributed by atoms with van der Waals surface area (Å²) in [6.07, 6.45) is 5.42. The van der Waals surface area contributed by atoms with E-state index in [2.05, 4.69) is 10.3 Å². The van der Waals surface area contributed by atoms with Gasteiger partial charge in [0.25, 0.3) is 0 Å².